The summed E-state index contributed by atoms with van der Waals surface area (Å²) in [5.74, 6) is -0.722. The molecule has 0 spiro atoms. The lowest BCUT2D eigenvalue weighted by Gasteiger charge is -2.26. The second-order valence-corrected chi connectivity index (χ2v) is 9.12. The number of carboxylic acids is 1. The quantitative estimate of drug-likeness (QED) is 0.454. The summed E-state index contributed by atoms with van der Waals surface area (Å²) in [6.07, 6.45) is 3.93. The van der Waals surface area contributed by atoms with Crippen LogP contribution in [0, 0.1) is 17.3 Å². The fourth-order valence-corrected chi connectivity index (χ4v) is 3.64. The van der Waals surface area contributed by atoms with Gasteiger partial charge in [0.25, 0.3) is 0 Å². The third-order valence-electron chi connectivity index (χ3n) is 5.72. The van der Waals surface area contributed by atoms with E-state index in [0.29, 0.717) is 25.7 Å². The molecule has 4 heteroatoms. The van der Waals surface area contributed by atoms with Gasteiger partial charge in [0.2, 0.25) is 0 Å². The summed E-state index contributed by atoms with van der Waals surface area (Å²) in [7, 11) is 0. The van der Waals surface area contributed by atoms with Crippen LogP contribution in [0.15, 0.2) is 48.1 Å². The monoisotopic (exact) mass is 412 g/mol. The average molecular weight is 413 g/mol. The molecule has 0 bridgehead atoms. The third kappa shape index (κ3) is 8.10. The van der Waals surface area contributed by atoms with Gasteiger partial charge in [-0.3, -0.25) is 14.4 Å². The number of benzene rings is 1. The Morgan fingerprint density at radius 1 is 1.07 bits per heavy atom. The molecule has 0 aliphatic carbocycles. The fourth-order valence-electron chi connectivity index (χ4n) is 3.64. The molecule has 0 saturated carbocycles. The van der Waals surface area contributed by atoms with Crippen molar-refractivity contribution in [2.75, 3.05) is 0 Å². The molecule has 30 heavy (non-hydrogen) atoms. The van der Waals surface area contributed by atoms with Gasteiger partial charge >= 0.3 is 5.97 Å². The zero-order valence-electron chi connectivity index (χ0n) is 19.2. The summed E-state index contributed by atoms with van der Waals surface area (Å²) in [5.41, 5.74) is 2.80. The first-order valence-electron chi connectivity index (χ1n) is 10.5. The van der Waals surface area contributed by atoms with E-state index in [9.17, 15) is 19.5 Å². The highest BCUT2D eigenvalue weighted by atomic mass is 16.4. The Labute approximate surface area is 181 Å². The summed E-state index contributed by atoms with van der Waals surface area (Å²) in [6, 6.07) is 7.85. The largest absolute Gasteiger partial charge is 0.481 e. The number of carbonyl (C=O) groups is 3. The smallest absolute Gasteiger partial charge is 0.310 e. The number of hydrogen-bond acceptors (Lipinski definition) is 3. The van der Waals surface area contributed by atoms with Crippen LogP contribution in [0.3, 0.4) is 0 Å². The highest BCUT2D eigenvalue weighted by Gasteiger charge is 2.33. The maximum absolute atomic E-state index is 12.1. The molecule has 3 atom stereocenters. The Morgan fingerprint density at radius 3 is 2.17 bits per heavy atom. The molecular formula is C26H36O4. The highest BCUT2D eigenvalue weighted by Crippen LogP contribution is 2.32. The van der Waals surface area contributed by atoms with Gasteiger partial charge in [0.1, 0.15) is 11.6 Å². The van der Waals surface area contributed by atoms with Crippen molar-refractivity contribution >= 4 is 17.5 Å². The van der Waals surface area contributed by atoms with Gasteiger partial charge in [-0.1, -0.05) is 61.9 Å². The molecular weight excluding hydrogens is 376 g/mol. The summed E-state index contributed by atoms with van der Waals surface area (Å²) in [5, 5.41) is 9.94. The Balaban J connectivity index is 2.96. The lowest BCUT2D eigenvalue weighted by Crippen LogP contribution is -2.30. The third-order valence-corrected chi connectivity index (χ3v) is 5.72. The second-order valence-electron chi connectivity index (χ2n) is 9.12. The minimum absolute atomic E-state index is 0.0558. The Morgan fingerprint density at radius 2 is 1.63 bits per heavy atom. The van der Waals surface area contributed by atoms with Crippen LogP contribution in [-0.2, 0) is 27.2 Å². The predicted octanol–water partition coefficient (Wildman–Crippen LogP) is 5.60. The predicted molar refractivity (Wildman–Crippen MR) is 121 cm³/mol. The molecule has 0 amide bonds. The molecule has 1 aromatic carbocycles. The molecule has 0 heterocycles. The van der Waals surface area contributed by atoms with E-state index < -0.39 is 11.4 Å². The summed E-state index contributed by atoms with van der Waals surface area (Å²) in [6.45, 7) is 14.6. The number of allylic oxidation sites excluding steroid dienone is 3. The van der Waals surface area contributed by atoms with Crippen molar-refractivity contribution in [3.8, 4) is 0 Å². The fraction of sp³-hybridized carbons (Fsp3) is 0.500. The normalized spacial score (nSPS) is 15.7. The van der Waals surface area contributed by atoms with Gasteiger partial charge in [-0.15, -0.1) is 0 Å². The van der Waals surface area contributed by atoms with E-state index in [2.05, 4.69) is 6.58 Å². The van der Waals surface area contributed by atoms with E-state index in [1.54, 1.807) is 20.8 Å². The molecule has 1 N–H and O–H groups in total. The lowest BCUT2D eigenvalue weighted by atomic mass is 9.77. The van der Waals surface area contributed by atoms with Crippen LogP contribution in [0.5, 0.6) is 0 Å². The molecule has 0 radical (unpaired) electrons. The maximum Gasteiger partial charge on any atom is 0.310 e. The first kappa shape index (κ1) is 25.5. The van der Waals surface area contributed by atoms with Gasteiger partial charge in [0, 0.05) is 11.8 Å². The van der Waals surface area contributed by atoms with E-state index in [1.165, 1.54) is 0 Å². The van der Waals surface area contributed by atoms with Crippen LogP contribution >= 0.6 is 0 Å². The van der Waals surface area contributed by atoms with Crippen molar-refractivity contribution in [2.24, 2.45) is 17.3 Å². The van der Waals surface area contributed by atoms with E-state index in [-0.39, 0.29) is 23.4 Å². The van der Waals surface area contributed by atoms with Crippen LogP contribution < -0.4 is 0 Å². The van der Waals surface area contributed by atoms with Crippen LogP contribution in [0.2, 0.25) is 0 Å². The molecule has 164 valence electrons. The van der Waals surface area contributed by atoms with E-state index in [1.807, 2.05) is 51.1 Å². The topological polar surface area (TPSA) is 71.4 Å². The summed E-state index contributed by atoms with van der Waals surface area (Å²) < 4.78 is 0. The molecule has 0 aliphatic heterocycles. The molecule has 1 aromatic rings. The van der Waals surface area contributed by atoms with Gasteiger partial charge in [0.05, 0.1) is 5.41 Å². The first-order valence-corrected chi connectivity index (χ1v) is 10.5. The van der Waals surface area contributed by atoms with Gasteiger partial charge in [-0.25, -0.2) is 0 Å². The standard InChI is InChI=1S/C26H36O4/c1-17(12-19(3)21(5)27)11-18(2)15-26(7,25(29)30)16-24-10-8-9-23(14-24)13-20(4)22(6)28/h8-11,14,19-20H,1,12-13,15-16H2,2-7H3,(H,29,30)/b18-11+. The first-order chi connectivity index (χ1) is 13.8. The number of carboxylic acid groups (broad SMARTS) is 1. The average Bonchev–Trinajstić information content (AvgIpc) is 2.60. The molecule has 0 aliphatic rings. The van der Waals surface area contributed by atoms with Crippen LogP contribution in [0.4, 0.5) is 0 Å². The summed E-state index contributed by atoms with van der Waals surface area (Å²) in [4.78, 5) is 35.1. The van der Waals surface area contributed by atoms with E-state index >= 15 is 0 Å². The van der Waals surface area contributed by atoms with Crippen molar-refractivity contribution in [3.63, 3.8) is 0 Å². The minimum Gasteiger partial charge on any atom is -0.481 e. The highest BCUT2D eigenvalue weighted by molar-refractivity contribution is 5.78. The van der Waals surface area contributed by atoms with Crippen LogP contribution in [0.25, 0.3) is 0 Å². The zero-order valence-corrected chi connectivity index (χ0v) is 19.2. The van der Waals surface area contributed by atoms with Crippen molar-refractivity contribution in [1.29, 1.82) is 0 Å². The van der Waals surface area contributed by atoms with Gasteiger partial charge in [-0.05, 0) is 64.5 Å². The Hall–Kier alpha value is -2.49. The maximum atomic E-state index is 12.1. The SMILES string of the molecule is C=C(/C=C(\C)CC(C)(Cc1cccc(CC(C)C(C)=O)c1)C(=O)O)CC(C)C(C)=O. The lowest BCUT2D eigenvalue weighted by molar-refractivity contribution is -0.147. The van der Waals surface area contributed by atoms with Crippen molar-refractivity contribution in [3.05, 3.63) is 59.2 Å². The van der Waals surface area contributed by atoms with E-state index in [4.69, 9.17) is 0 Å². The minimum atomic E-state index is -0.960. The van der Waals surface area contributed by atoms with Crippen molar-refractivity contribution in [2.45, 2.75) is 67.2 Å². The number of aliphatic carboxylic acids is 1. The van der Waals surface area contributed by atoms with E-state index in [0.717, 1.165) is 22.3 Å². The van der Waals surface area contributed by atoms with Gasteiger partial charge < -0.3 is 5.11 Å². The van der Waals surface area contributed by atoms with Gasteiger partial charge in [-0.2, -0.15) is 0 Å². The molecule has 0 fully saturated rings. The van der Waals surface area contributed by atoms with Crippen molar-refractivity contribution in [1.82, 2.24) is 0 Å². The number of ketones is 2. The van der Waals surface area contributed by atoms with Crippen LogP contribution in [-0.4, -0.2) is 22.6 Å². The van der Waals surface area contributed by atoms with Gasteiger partial charge in [0.15, 0.2) is 0 Å². The molecule has 1 rings (SSSR count). The second kappa shape index (κ2) is 11.1. The molecule has 0 saturated heterocycles. The van der Waals surface area contributed by atoms with Crippen molar-refractivity contribution < 1.29 is 19.5 Å². The molecule has 4 nitrogen and oxygen atoms in total. The Bertz CT molecular complexity index is 833. The number of Topliss-reactive ketones (excluding diaryl/α,β-unsaturated/α-hetero) is 2. The number of rotatable bonds is 12. The number of carbonyl (C=O) groups excluding carboxylic acids is 2. The zero-order chi connectivity index (χ0) is 23.1. The van der Waals surface area contributed by atoms with Crippen LogP contribution in [0.1, 0.15) is 65.5 Å². The molecule has 3 unspecified atom stereocenters. The summed E-state index contributed by atoms with van der Waals surface area (Å²) >= 11 is 0. The Kier molecular flexibility index (Phi) is 9.41. The number of hydrogen-bond donors (Lipinski definition) is 1. The molecule has 0 aromatic heterocycles.